The lowest BCUT2D eigenvalue weighted by Gasteiger charge is -2.51. The van der Waals surface area contributed by atoms with Crippen LogP contribution in [0.3, 0.4) is 0 Å². The summed E-state index contributed by atoms with van der Waals surface area (Å²) < 4.78 is 34.2. The lowest BCUT2D eigenvalue weighted by molar-refractivity contribution is -0.147. The molecule has 6 nitrogen and oxygen atoms in total. The number of nitrogens with one attached hydrogen (secondary N) is 1. The highest BCUT2D eigenvalue weighted by molar-refractivity contribution is 5.89. The number of ether oxygens (including phenoxy) is 1. The van der Waals surface area contributed by atoms with Crippen molar-refractivity contribution in [1.29, 1.82) is 0 Å². The number of halogens is 2. The van der Waals surface area contributed by atoms with E-state index in [-0.39, 0.29) is 23.8 Å². The number of anilines is 2. The van der Waals surface area contributed by atoms with E-state index in [0.717, 1.165) is 41.6 Å². The Kier molecular flexibility index (Phi) is 4.92. The first-order valence-corrected chi connectivity index (χ1v) is 11.9. The number of H-pyrrole nitrogens is 1. The van der Waals surface area contributed by atoms with Crippen molar-refractivity contribution in [3.05, 3.63) is 53.7 Å². The molecule has 178 valence electrons. The second kappa shape index (κ2) is 7.77. The lowest BCUT2D eigenvalue weighted by Crippen LogP contribution is -2.55. The van der Waals surface area contributed by atoms with Crippen LogP contribution in [-0.2, 0) is 14.9 Å². The van der Waals surface area contributed by atoms with Crippen LogP contribution in [0.15, 0.2) is 36.5 Å². The van der Waals surface area contributed by atoms with Gasteiger partial charge in [0.25, 0.3) is 0 Å². The normalized spacial score (nSPS) is 30.9. The summed E-state index contributed by atoms with van der Waals surface area (Å²) >= 11 is 0. The molecule has 3 unspecified atom stereocenters. The van der Waals surface area contributed by atoms with Crippen molar-refractivity contribution in [3.8, 4) is 0 Å². The van der Waals surface area contributed by atoms with Gasteiger partial charge in [0.1, 0.15) is 0 Å². The van der Waals surface area contributed by atoms with E-state index in [0.29, 0.717) is 25.1 Å². The van der Waals surface area contributed by atoms with Crippen molar-refractivity contribution in [2.45, 2.75) is 44.1 Å². The molecule has 0 spiro atoms. The number of carboxylic acids is 1. The zero-order chi connectivity index (χ0) is 23.6. The Morgan fingerprint density at radius 1 is 1.24 bits per heavy atom. The summed E-state index contributed by atoms with van der Waals surface area (Å²) in [6.45, 7) is 3.52. The Bertz CT molecular complexity index is 1270. The van der Waals surface area contributed by atoms with E-state index in [2.05, 4.69) is 34.2 Å². The number of aromatic amines is 1. The van der Waals surface area contributed by atoms with Gasteiger partial charge < -0.3 is 14.7 Å². The molecule has 2 aromatic carbocycles. The van der Waals surface area contributed by atoms with Gasteiger partial charge in [0.05, 0.1) is 24.2 Å². The Hall–Kier alpha value is -3.00. The first kappa shape index (κ1) is 21.5. The number of carboxylic acid groups (broad SMARTS) is 1. The van der Waals surface area contributed by atoms with E-state index in [1.165, 1.54) is 12.1 Å². The molecule has 3 aromatic rings. The second-order valence-electron chi connectivity index (χ2n) is 10.2. The van der Waals surface area contributed by atoms with Crippen LogP contribution in [0.2, 0.25) is 0 Å². The summed E-state index contributed by atoms with van der Waals surface area (Å²) in [5.41, 5.74) is 3.15. The van der Waals surface area contributed by atoms with Crippen LogP contribution in [0.1, 0.15) is 38.2 Å². The molecule has 3 atom stereocenters. The third-order valence-electron chi connectivity index (χ3n) is 8.45. The molecule has 0 amide bonds. The first-order chi connectivity index (χ1) is 16.4. The summed E-state index contributed by atoms with van der Waals surface area (Å²) in [5, 5.41) is 17.7. The molecule has 8 heteroatoms. The van der Waals surface area contributed by atoms with Crippen LogP contribution in [0, 0.1) is 29.4 Å². The molecular weight excluding hydrogens is 440 g/mol. The molecule has 3 aliphatic rings. The lowest BCUT2D eigenvalue weighted by atomic mass is 9.55. The van der Waals surface area contributed by atoms with Gasteiger partial charge >= 0.3 is 5.97 Å². The van der Waals surface area contributed by atoms with E-state index in [1.54, 1.807) is 12.3 Å². The van der Waals surface area contributed by atoms with Crippen molar-refractivity contribution in [2.75, 3.05) is 18.1 Å². The van der Waals surface area contributed by atoms with Gasteiger partial charge in [0, 0.05) is 46.8 Å². The minimum Gasteiger partial charge on any atom is -0.481 e. The molecule has 2 aliphatic heterocycles. The van der Waals surface area contributed by atoms with Gasteiger partial charge in [-0.2, -0.15) is 5.10 Å². The average molecular weight is 468 g/mol. The molecule has 1 saturated carbocycles. The van der Waals surface area contributed by atoms with Crippen molar-refractivity contribution in [3.63, 3.8) is 0 Å². The van der Waals surface area contributed by atoms with E-state index >= 15 is 0 Å². The van der Waals surface area contributed by atoms with Crippen LogP contribution in [0.4, 0.5) is 20.2 Å². The third-order valence-corrected chi connectivity index (χ3v) is 8.45. The van der Waals surface area contributed by atoms with Gasteiger partial charge in [-0.3, -0.25) is 9.89 Å². The zero-order valence-electron chi connectivity index (χ0n) is 18.9. The number of benzene rings is 2. The third kappa shape index (κ3) is 3.07. The summed E-state index contributed by atoms with van der Waals surface area (Å²) in [6, 6.07) is 8.17. The van der Waals surface area contributed by atoms with Gasteiger partial charge in [-0.15, -0.1) is 0 Å². The fourth-order valence-corrected chi connectivity index (χ4v) is 6.61. The van der Waals surface area contributed by atoms with Gasteiger partial charge in [0.2, 0.25) is 0 Å². The topological polar surface area (TPSA) is 78.4 Å². The minimum absolute atomic E-state index is 0.0770. The van der Waals surface area contributed by atoms with Crippen LogP contribution in [0.5, 0.6) is 0 Å². The van der Waals surface area contributed by atoms with E-state index < -0.39 is 23.0 Å². The molecule has 1 aromatic heterocycles. The van der Waals surface area contributed by atoms with Crippen molar-refractivity contribution in [1.82, 2.24) is 10.2 Å². The van der Waals surface area contributed by atoms with Crippen molar-refractivity contribution >= 4 is 28.2 Å². The molecule has 1 saturated heterocycles. The van der Waals surface area contributed by atoms with Gasteiger partial charge in [-0.25, -0.2) is 8.78 Å². The first-order valence-electron chi connectivity index (χ1n) is 11.9. The summed E-state index contributed by atoms with van der Waals surface area (Å²) in [6.07, 6.45) is 4.86. The molecule has 6 rings (SSSR count). The number of hydrogen-bond donors (Lipinski definition) is 2. The highest BCUT2D eigenvalue weighted by Crippen LogP contribution is 2.60. The summed E-state index contributed by atoms with van der Waals surface area (Å²) in [4.78, 5) is 13.8. The maximum Gasteiger partial charge on any atom is 0.306 e. The zero-order valence-corrected chi connectivity index (χ0v) is 18.9. The predicted molar refractivity (Wildman–Crippen MR) is 123 cm³/mol. The fourth-order valence-electron chi connectivity index (χ4n) is 6.61. The van der Waals surface area contributed by atoms with Crippen molar-refractivity contribution < 1.29 is 23.4 Å². The average Bonchev–Trinajstić information content (AvgIpc) is 3.34. The molecule has 34 heavy (non-hydrogen) atoms. The SMILES string of the molecule is CC1(C2CC(C(=O)O)C2)c2cc3[nH]ncc3cc2N(c2ccc(F)c(F)c2)C1C1CCCOC1. The largest absolute Gasteiger partial charge is 0.481 e. The number of fused-ring (bicyclic) bond motifs is 2. The van der Waals surface area contributed by atoms with E-state index in [4.69, 9.17) is 4.74 Å². The fraction of sp³-hybridized carbons (Fsp3) is 0.462. The maximum absolute atomic E-state index is 14.4. The number of hydrogen-bond acceptors (Lipinski definition) is 4. The van der Waals surface area contributed by atoms with Gasteiger partial charge in [-0.1, -0.05) is 6.92 Å². The number of nitrogens with zero attached hydrogens (tertiary/aromatic N) is 2. The standard InChI is InChI=1S/C26H27F2N3O3/c1-26(17-7-15(8-17)25(32)33)19-11-22-16(12-29-30-22)9-23(19)31(18-4-5-20(27)21(28)10-18)24(26)14-3-2-6-34-13-14/h4-5,9-12,14-15,17,24H,2-3,6-8,13H2,1H3,(H,29,30)(H,32,33). The van der Waals surface area contributed by atoms with E-state index in [9.17, 15) is 18.7 Å². The second-order valence-corrected chi connectivity index (χ2v) is 10.2. The van der Waals surface area contributed by atoms with E-state index in [1.807, 2.05) is 0 Å². The Morgan fingerprint density at radius 2 is 2.06 bits per heavy atom. The molecule has 2 fully saturated rings. The number of aromatic nitrogens is 2. The highest BCUT2D eigenvalue weighted by atomic mass is 19.2. The maximum atomic E-state index is 14.4. The molecule has 1 aliphatic carbocycles. The Balaban J connectivity index is 1.56. The molecule has 0 radical (unpaired) electrons. The Morgan fingerprint density at radius 3 is 2.76 bits per heavy atom. The van der Waals surface area contributed by atoms with Crippen LogP contribution < -0.4 is 4.90 Å². The molecule has 3 heterocycles. The number of aliphatic carboxylic acids is 1. The van der Waals surface area contributed by atoms with Crippen molar-refractivity contribution in [2.24, 2.45) is 17.8 Å². The molecule has 0 bridgehead atoms. The minimum atomic E-state index is -0.884. The van der Waals surface area contributed by atoms with Crippen LogP contribution in [-0.4, -0.2) is 40.5 Å². The van der Waals surface area contributed by atoms with Crippen LogP contribution >= 0.6 is 0 Å². The predicted octanol–water partition coefficient (Wildman–Crippen LogP) is 5.16. The van der Waals surface area contributed by atoms with Crippen LogP contribution in [0.25, 0.3) is 10.9 Å². The monoisotopic (exact) mass is 467 g/mol. The summed E-state index contributed by atoms with van der Waals surface area (Å²) in [7, 11) is 0. The Labute approximate surface area is 195 Å². The quantitative estimate of drug-likeness (QED) is 0.554. The summed E-state index contributed by atoms with van der Waals surface area (Å²) in [5.74, 6) is -2.55. The van der Waals surface area contributed by atoms with Gasteiger partial charge in [-0.05, 0) is 61.4 Å². The highest BCUT2D eigenvalue weighted by Gasteiger charge is 2.59. The number of carbonyl (C=O) groups is 1. The molecular formula is C26H27F2N3O3. The smallest absolute Gasteiger partial charge is 0.306 e. The number of rotatable bonds is 4. The van der Waals surface area contributed by atoms with Gasteiger partial charge in [0.15, 0.2) is 11.6 Å². The molecule has 2 N–H and O–H groups in total.